The summed E-state index contributed by atoms with van der Waals surface area (Å²) in [4.78, 5) is 0. The summed E-state index contributed by atoms with van der Waals surface area (Å²) >= 11 is 0. The fourth-order valence-electron chi connectivity index (χ4n) is 1.60. The van der Waals surface area contributed by atoms with Gasteiger partial charge in [-0.3, -0.25) is 5.10 Å². The molecule has 0 saturated heterocycles. The standard InChI is InChI=1S/C11H9N5/c1-2-4-8(5-3-1)10-11(15-16-14-10)9-6-7-12-13-9/h1-7H,(H,12,13)(H,14,15,16). The summed E-state index contributed by atoms with van der Waals surface area (Å²) in [5.74, 6) is 0. The number of benzene rings is 1. The van der Waals surface area contributed by atoms with E-state index in [2.05, 4.69) is 25.6 Å². The Balaban J connectivity index is 2.14. The van der Waals surface area contributed by atoms with Gasteiger partial charge in [-0.25, -0.2) is 0 Å². The van der Waals surface area contributed by atoms with E-state index in [4.69, 9.17) is 0 Å². The Morgan fingerprint density at radius 2 is 1.69 bits per heavy atom. The minimum Gasteiger partial charge on any atom is -0.276 e. The number of H-pyrrole nitrogens is 2. The molecule has 2 heterocycles. The number of nitrogens with one attached hydrogen (secondary N) is 2. The van der Waals surface area contributed by atoms with Gasteiger partial charge in [0.05, 0.1) is 5.69 Å². The van der Waals surface area contributed by atoms with Crippen molar-refractivity contribution >= 4 is 0 Å². The predicted octanol–water partition coefficient (Wildman–Crippen LogP) is 1.86. The minimum atomic E-state index is 0.781. The van der Waals surface area contributed by atoms with Gasteiger partial charge in [-0.2, -0.15) is 20.5 Å². The molecule has 0 aliphatic heterocycles. The lowest BCUT2D eigenvalue weighted by Gasteiger charge is -1.97. The molecular formula is C11H9N5. The maximum absolute atomic E-state index is 4.16. The lowest BCUT2D eigenvalue weighted by atomic mass is 10.1. The van der Waals surface area contributed by atoms with Crippen molar-refractivity contribution in [3.63, 3.8) is 0 Å². The van der Waals surface area contributed by atoms with Crippen molar-refractivity contribution in [1.29, 1.82) is 0 Å². The Hall–Kier alpha value is -2.43. The molecule has 0 amide bonds. The lowest BCUT2D eigenvalue weighted by molar-refractivity contribution is 0.941. The van der Waals surface area contributed by atoms with E-state index in [9.17, 15) is 0 Å². The summed E-state index contributed by atoms with van der Waals surface area (Å²) in [7, 11) is 0. The van der Waals surface area contributed by atoms with Crippen molar-refractivity contribution in [2.24, 2.45) is 0 Å². The van der Waals surface area contributed by atoms with Crippen LogP contribution in [0.3, 0.4) is 0 Å². The summed E-state index contributed by atoms with van der Waals surface area (Å²) in [5, 5.41) is 17.7. The van der Waals surface area contributed by atoms with Crippen LogP contribution in [-0.4, -0.2) is 25.6 Å². The van der Waals surface area contributed by atoms with Gasteiger partial charge < -0.3 is 0 Å². The number of rotatable bonds is 2. The Bertz CT molecular complexity index is 567. The number of aromatic amines is 2. The fourth-order valence-corrected chi connectivity index (χ4v) is 1.60. The second kappa shape index (κ2) is 3.62. The van der Waals surface area contributed by atoms with Crippen LogP contribution in [0.25, 0.3) is 22.6 Å². The molecule has 1 aromatic carbocycles. The van der Waals surface area contributed by atoms with Crippen molar-refractivity contribution in [1.82, 2.24) is 25.6 Å². The molecule has 0 aliphatic rings. The van der Waals surface area contributed by atoms with Crippen molar-refractivity contribution in [3.05, 3.63) is 42.6 Å². The smallest absolute Gasteiger partial charge is 0.138 e. The zero-order valence-electron chi connectivity index (χ0n) is 8.38. The second-order valence-electron chi connectivity index (χ2n) is 3.36. The first-order valence-electron chi connectivity index (χ1n) is 4.91. The summed E-state index contributed by atoms with van der Waals surface area (Å²) < 4.78 is 0. The Kier molecular flexibility index (Phi) is 2.00. The molecule has 5 heteroatoms. The molecule has 2 aromatic heterocycles. The Labute approximate surface area is 91.5 Å². The average molecular weight is 211 g/mol. The lowest BCUT2D eigenvalue weighted by Crippen LogP contribution is -1.83. The molecule has 3 aromatic rings. The number of hydrogen-bond acceptors (Lipinski definition) is 3. The van der Waals surface area contributed by atoms with E-state index in [0.29, 0.717) is 0 Å². The van der Waals surface area contributed by atoms with E-state index in [1.807, 2.05) is 36.4 Å². The van der Waals surface area contributed by atoms with Gasteiger partial charge in [0.2, 0.25) is 0 Å². The van der Waals surface area contributed by atoms with Gasteiger partial charge in [0, 0.05) is 11.8 Å². The topological polar surface area (TPSA) is 70.2 Å². The molecule has 2 N–H and O–H groups in total. The van der Waals surface area contributed by atoms with Crippen LogP contribution in [0.5, 0.6) is 0 Å². The summed E-state index contributed by atoms with van der Waals surface area (Å²) in [6.45, 7) is 0. The first kappa shape index (κ1) is 8.84. The van der Waals surface area contributed by atoms with Crippen LogP contribution >= 0.6 is 0 Å². The van der Waals surface area contributed by atoms with Gasteiger partial charge in [0.25, 0.3) is 0 Å². The second-order valence-corrected chi connectivity index (χ2v) is 3.36. The van der Waals surface area contributed by atoms with Crippen LogP contribution in [0.1, 0.15) is 0 Å². The molecule has 0 unspecified atom stereocenters. The maximum atomic E-state index is 4.16. The summed E-state index contributed by atoms with van der Waals surface area (Å²) in [5.41, 5.74) is 3.49. The largest absolute Gasteiger partial charge is 0.276 e. The zero-order valence-corrected chi connectivity index (χ0v) is 8.38. The summed E-state index contributed by atoms with van der Waals surface area (Å²) in [6.07, 6.45) is 1.69. The van der Waals surface area contributed by atoms with Gasteiger partial charge in [0.15, 0.2) is 0 Å². The average Bonchev–Trinajstić information content (AvgIpc) is 3.01. The zero-order chi connectivity index (χ0) is 10.8. The highest BCUT2D eigenvalue weighted by atomic mass is 15.3. The van der Waals surface area contributed by atoms with E-state index in [-0.39, 0.29) is 0 Å². The summed E-state index contributed by atoms with van der Waals surface area (Å²) in [6, 6.07) is 11.8. The fraction of sp³-hybridized carbons (Fsp3) is 0. The maximum Gasteiger partial charge on any atom is 0.138 e. The third-order valence-electron chi connectivity index (χ3n) is 2.35. The molecule has 0 spiro atoms. The Morgan fingerprint density at radius 3 is 2.44 bits per heavy atom. The van der Waals surface area contributed by atoms with Crippen molar-refractivity contribution in [2.45, 2.75) is 0 Å². The number of nitrogens with zero attached hydrogens (tertiary/aromatic N) is 3. The van der Waals surface area contributed by atoms with Gasteiger partial charge in [-0.05, 0) is 6.07 Å². The van der Waals surface area contributed by atoms with Crippen LogP contribution in [0.4, 0.5) is 0 Å². The highest BCUT2D eigenvalue weighted by Crippen LogP contribution is 2.25. The van der Waals surface area contributed by atoms with Crippen LogP contribution in [-0.2, 0) is 0 Å². The van der Waals surface area contributed by atoms with E-state index in [0.717, 1.165) is 22.6 Å². The van der Waals surface area contributed by atoms with Crippen LogP contribution in [0.2, 0.25) is 0 Å². The third kappa shape index (κ3) is 1.38. The minimum absolute atomic E-state index is 0.781. The molecule has 16 heavy (non-hydrogen) atoms. The first-order valence-corrected chi connectivity index (χ1v) is 4.91. The van der Waals surface area contributed by atoms with Crippen molar-refractivity contribution in [3.8, 4) is 22.6 Å². The third-order valence-corrected chi connectivity index (χ3v) is 2.35. The quantitative estimate of drug-likeness (QED) is 0.679. The SMILES string of the molecule is c1ccc(-c2n[nH]nc2-c2ccn[nH]2)cc1. The first-order chi connectivity index (χ1) is 7.95. The van der Waals surface area contributed by atoms with Crippen LogP contribution < -0.4 is 0 Å². The highest BCUT2D eigenvalue weighted by molar-refractivity contribution is 5.75. The predicted molar refractivity (Wildman–Crippen MR) is 59.4 cm³/mol. The Morgan fingerprint density at radius 1 is 0.875 bits per heavy atom. The van der Waals surface area contributed by atoms with Gasteiger partial charge >= 0.3 is 0 Å². The van der Waals surface area contributed by atoms with E-state index in [1.54, 1.807) is 6.20 Å². The molecule has 0 saturated carbocycles. The molecule has 3 rings (SSSR count). The normalized spacial score (nSPS) is 10.5. The van der Waals surface area contributed by atoms with Crippen molar-refractivity contribution < 1.29 is 0 Å². The van der Waals surface area contributed by atoms with E-state index < -0.39 is 0 Å². The molecule has 0 atom stereocenters. The van der Waals surface area contributed by atoms with Crippen LogP contribution in [0, 0.1) is 0 Å². The molecule has 78 valence electrons. The van der Waals surface area contributed by atoms with E-state index >= 15 is 0 Å². The number of aromatic nitrogens is 5. The van der Waals surface area contributed by atoms with Crippen LogP contribution in [0.15, 0.2) is 42.6 Å². The molecule has 0 fully saturated rings. The molecular weight excluding hydrogens is 202 g/mol. The monoisotopic (exact) mass is 211 g/mol. The highest BCUT2D eigenvalue weighted by Gasteiger charge is 2.12. The van der Waals surface area contributed by atoms with Gasteiger partial charge in [0.1, 0.15) is 11.4 Å². The molecule has 0 aliphatic carbocycles. The van der Waals surface area contributed by atoms with Gasteiger partial charge in [-0.1, -0.05) is 30.3 Å². The molecule has 0 bridgehead atoms. The van der Waals surface area contributed by atoms with E-state index in [1.165, 1.54) is 0 Å². The van der Waals surface area contributed by atoms with Crippen molar-refractivity contribution in [2.75, 3.05) is 0 Å². The number of hydrogen-bond donors (Lipinski definition) is 2. The molecule has 0 radical (unpaired) electrons. The molecule has 5 nitrogen and oxygen atoms in total. The van der Waals surface area contributed by atoms with Gasteiger partial charge in [-0.15, -0.1) is 0 Å².